The van der Waals surface area contributed by atoms with E-state index in [1.165, 1.54) is 51.5 Å². The summed E-state index contributed by atoms with van der Waals surface area (Å²) in [6.07, 6.45) is 9.80. The molecular weight excluding hydrogens is 222 g/mol. The first-order valence-electron chi connectivity index (χ1n) is 8.10. The highest BCUT2D eigenvalue weighted by molar-refractivity contribution is 4.85. The summed E-state index contributed by atoms with van der Waals surface area (Å²) >= 11 is 0. The van der Waals surface area contributed by atoms with Gasteiger partial charge in [-0.1, -0.05) is 13.3 Å². The van der Waals surface area contributed by atoms with Crippen LogP contribution >= 0.6 is 0 Å². The molecule has 2 aliphatic carbocycles. The lowest BCUT2D eigenvalue weighted by atomic mass is 9.73. The fraction of sp³-hybridized carbons (Fsp3) is 1.00. The first-order chi connectivity index (χ1) is 8.79. The molecular formula is C16H31NO. The predicted octanol–water partition coefficient (Wildman–Crippen LogP) is 3.61. The third kappa shape index (κ3) is 4.89. The summed E-state index contributed by atoms with van der Waals surface area (Å²) in [7, 11) is 0. The second kappa shape index (κ2) is 7.49. The largest absolute Gasteiger partial charge is 0.382 e. The quantitative estimate of drug-likeness (QED) is 0.667. The van der Waals surface area contributed by atoms with Gasteiger partial charge in [0.25, 0.3) is 0 Å². The molecule has 18 heavy (non-hydrogen) atoms. The molecule has 3 unspecified atom stereocenters. The molecule has 2 rings (SSSR count). The Morgan fingerprint density at radius 1 is 1.11 bits per heavy atom. The summed E-state index contributed by atoms with van der Waals surface area (Å²) in [4.78, 5) is 0. The molecule has 2 nitrogen and oxygen atoms in total. The van der Waals surface area contributed by atoms with Gasteiger partial charge in [0.2, 0.25) is 0 Å². The standard InChI is InChI=1S/C16H31NO/c1-3-18-10-4-5-14-11-13(2)6-7-15(14)12-17-16-8-9-16/h13-17H,3-12H2,1-2H3. The van der Waals surface area contributed by atoms with Gasteiger partial charge in [-0.15, -0.1) is 0 Å². The van der Waals surface area contributed by atoms with Crippen LogP contribution in [0.1, 0.15) is 58.8 Å². The highest BCUT2D eigenvalue weighted by atomic mass is 16.5. The molecule has 2 saturated carbocycles. The Kier molecular flexibility index (Phi) is 5.97. The average Bonchev–Trinajstić information content (AvgIpc) is 3.17. The lowest BCUT2D eigenvalue weighted by Gasteiger charge is -2.35. The second-order valence-electron chi connectivity index (χ2n) is 6.46. The summed E-state index contributed by atoms with van der Waals surface area (Å²) in [5.74, 6) is 2.82. The van der Waals surface area contributed by atoms with Crippen LogP contribution in [-0.2, 0) is 4.74 Å². The van der Waals surface area contributed by atoms with Gasteiger partial charge in [0.05, 0.1) is 0 Å². The van der Waals surface area contributed by atoms with E-state index in [2.05, 4.69) is 19.2 Å². The van der Waals surface area contributed by atoms with E-state index in [4.69, 9.17) is 4.74 Å². The van der Waals surface area contributed by atoms with Gasteiger partial charge < -0.3 is 10.1 Å². The Hall–Kier alpha value is -0.0800. The Morgan fingerprint density at radius 2 is 1.94 bits per heavy atom. The number of hydrogen-bond acceptors (Lipinski definition) is 2. The number of nitrogens with one attached hydrogen (secondary N) is 1. The zero-order valence-corrected chi connectivity index (χ0v) is 12.3. The minimum Gasteiger partial charge on any atom is -0.382 e. The third-order valence-electron chi connectivity index (χ3n) is 4.72. The van der Waals surface area contributed by atoms with Crippen LogP contribution in [0.3, 0.4) is 0 Å². The van der Waals surface area contributed by atoms with E-state index in [9.17, 15) is 0 Å². The van der Waals surface area contributed by atoms with E-state index < -0.39 is 0 Å². The zero-order chi connectivity index (χ0) is 12.8. The van der Waals surface area contributed by atoms with Crippen molar-refractivity contribution >= 4 is 0 Å². The zero-order valence-electron chi connectivity index (χ0n) is 12.3. The second-order valence-corrected chi connectivity index (χ2v) is 6.46. The molecule has 3 atom stereocenters. The third-order valence-corrected chi connectivity index (χ3v) is 4.72. The van der Waals surface area contributed by atoms with Crippen molar-refractivity contribution in [3.63, 3.8) is 0 Å². The van der Waals surface area contributed by atoms with Crippen LogP contribution in [0.4, 0.5) is 0 Å². The number of hydrogen-bond donors (Lipinski definition) is 1. The van der Waals surface area contributed by atoms with Gasteiger partial charge in [0, 0.05) is 19.3 Å². The summed E-state index contributed by atoms with van der Waals surface area (Å²) in [5.41, 5.74) is 0. The molecule has 1 N–H and O–H groups in total. The van der Waals surface area contributed by atoms with Crippen molar-refractivity contribution in [3.05, 3.63) is 0 Å². The summed E-state index contributed by atoms with van der Waals surface area (Å²) < 4.78 is 5.48. The Balaban J connectivity index is 1.69. The first-order valence-corrected chi connectivity index (χ1v) is 8.10. The molecule has 0 aromatic rings. The molecule has 2 aliphatic rings. The fourth-order valence-corrected chi connectivity index (χ4v) is 3.38. The lowest BCUT2D eigenvalue weighted by molar-refractivity contribution is 0.120. The summed E-state index contributed by atoms with van der Waals surface area (Å²) in [5, 5.41) is 3.74. The van der Waals surface area contributed by atoms with E-state index in [0.29, 0.717) is 0 Å². The molecule has 0 aromatic heterocycles. The first kappa shape index (κ1) is 14.3. The lowest BCUT2D eigenvalue weighted by Crippen LogP contribution is -2.33. The highest BCUT2D eigenvalue weighted by Crippen LogP contribution is 2.36. The van der Waals surface area contributed by atoms with E-state index >= 15 is 0 Å². The van der Waals surface area contributed by atoms with Crippen molar-refractivity contribution < 1.29 is 4.74 Å². The SMILES string of the molecule is CCOCCCC1CC(C)CCC1CNC1CC1. The predicted molar refractivity (Wildman–Crippen MR) is 76.7 cm³/mol. The fourth-order valence-electron chi connectivity index (χ4n) is 3.38. The normalized spacial score (nSPS) is 32.7. The highest BCUT2D eigenvalue weighted by Gasteiger charge is 2.30. The van der Waals surface area contributed by atoms with Crippen LogP contribution in [0, 0.1) is 17.8 Å². The van der Waals surface area contributed by atoms with Gasteiger partial charge >= 0.3 is 0 Å². The van der Waals surface area contributed by atoms with E-state index in [1.54, 1.807) is 0 Å². The van der Waals surface area contributed by atoms with Crippen molar-refractivity contribution in [1.29, 1.82) is 0 Å². The monoisotopic (exact) mass is 253 g/mol. The van der Waals surface area contributed by atoms with Gasteiger partial charge in [-0.3, -0.25) is 0 Å². The summed E-state index contributed by atoms with van der Waals surface area (Å²) in [6.45, 7) is 7.62. The summed E-state index contributed by atoms with van der Waals surface area (Å²) in [6, 6.07) is 0.869. The van der Waals surface area contributed by atoms with Crippen LogP contribution < -0.4 is 5.32 Å². The van der Waals surface area contributed by atoms with E-state index in [0.717, 1.165) is 37.0 Å². The minimum absolute atomic E-state index is 0.869. The van der Waals surface area contributed by atoms with E-state index in [-0.39, 0.29) is 0 Å². The van der Waals surface area contributed by atoms with Crippen molar-refractivity contribution in [2.24, 2.45) is 17.8 Å². The van der Waals surface area contributed by atoms with Gasteiger partial charge in [-0.05, 0) is 69.7 Å². The van der Waals surface area contributed by atoms with Crippen molar-refractivity contribution in [2.75, 3.05) is 19.8 Å². The molecule has 0 bridgehead atoms. The maximum Gasteiger partial charge on any atom is 0.0465 e. The molecule has 0 aromatic carbocycles. The maximum absolute atomic E-state index is 5.48. The topological polar surface area (TPSA) is 21.3 Å². The molecule has 0 saturated heterocycles. The average molecular weight is 253 g/mol. The van der Waals surface area contributed by atoms with Crippen molar-refractivity contribution in [1.82, 2.24) is 5.32 Å². The van der Waals surface area contributed by atoms with Crippen LogP contribution in [0.5, 0.6) is 0 Å². The molecule has 2 heteroatoms. The molecule has 2 fully saturated rings. The molecule has 0 heterocycles. The maximum atomic E-state index is 5.48. The number of rotatable bonds is 8. The Labute approximate surface area is 113 Å². The molecule has 106 valence electrons. The van der Waals surface area contributed by atoms with Crippen molar-refractivity contribution in [2.45, 2.75) is 64.8 Å². The van der Waals surface area contributed by atoms with Crippen LogP contribution in [0.2, 0.25) is 0 Å². The van der Waals surface area contributed by atoms with Gasteiger partial charge in [0.15, 0.2) is 0 Å². The van der Waals surface area contributed by atoms with Gasteiger partial charge in [-0.2, -0.15) is 0 Å². The molecule has 0 radical (unpaired) electrons. The minimum atomic E-state index is 0.869. The van der Waals surface area contributed by atoms with Crippen LogP contribution in [-0.4, -0.2) is 25.8 Å². The van der Waals surface area contributed by atoms with Crippen LogP contribution in [0.15, 0.2) is 0 Å². The Morgan fingerprint density at radius 3 is 2.67 bits per heavy atom. The van der Waals surface area contributed by atoms with Crippen LogP contribution in [0.25, 0.3) is 0 Å². The van der Waals surface area contributed by atoms with Crippen molar-refractivity contribution in [3.8, 4) is 0 Å². The molecule has 0 amide bonds. The van der Waals surface area contributed by atoms with E-state index in [1.807, 2.05) is 0 Å². The number of ether oxygens (including phenoxy) is 1. The molecule has 0 aliphatic heterocycles. The van der Waals surface area contributed by atoms with Gasteiger partial charge in [-0.25, -0.2) is 0 Å². The Bertz CT molecular complexity index is 227. The van der Waals surface area contributed by atoms with Gasteiger partial charge in [0.1, 0.15) is 0 Å². The smallest absolute Gasteiger partial charge is 0.0465 e. The molecule has 0 spiro atoms.